The Morgan fingerprint density at radius 2 is 2.07 bits per heavy atom. The van der Waals surface area contributed by atoms with Gasteiger partial charge in [-0.25, -0.2) is 9.78 Å². The number of hydrogen-bond acceptors (Lipinski definition) is 5. The molecule has 1 atom stereocenters. The Bertz CT molecular complexity index is 819. The summed E-state index contributed by atoms with van der Waals surface area (Å²) in [6, 6.07) is 6.05. The van der Waals surface area contributed by atoms with E-state index in [-0.39, 0.29) is 31.2 Å². The summed E-state index contributed by atoms with van der Waals surface area (Å²) in [7, 11) is 1.57. The molecular formula is C19H23N5O4. The second kappa shape index (κ2) is 9.03. The van der Waals surface area contributed by atoms with Crippen LogP contribution in [0.4, 0.5) is 4.79 Å². The number of aromatic amines is 1. The third-order valence-corrected chi connectivity index (χ3v) is 4.54. The zero-order chi connectivity index (χ0) is 19.9. The Labute approximate surface area is 162 Å². The molecule has 1 fully saturated rings. The summed E-state index contributed by atoms with van der Waals surface area (Å²) in [6.07, 6.45) is 4.37. The fraction of sp³-hybridized carbons (Fsp3) is 0.368. The van der Waals surface area contributed by atoms with Crippen LogP contribution in [0.25, 0.3) is 0 Å². The molecule has 0 unspecified atom stereocenters. The van der Waals surface area contributed by atoms with E-state index in [1.165, 1.54) is 4.90 Å². The molecule has 0 aliphatic carbocycles. The van der Waals surface area contributed by atoms with Crippen LogP contribution in [0.15, 0.2) is 36.8 Å². The minimum atomic E-state index is -0.677. The molecule has 0 spiro atoms. The molecule has 2 aromatic rings. The van der Waals surface area contributed by atoms with Crippen molar-refractivity contribution in [1.29, 1.82) is 0 Å². The van der Waals surface area contributed by atoms with Crippen molar-refractivity contribution in [3.8, 4) is 5.75 Å². The minimum Gasteiger partial charge on any atom is -0.497 e. The summed E-state index contributed by atoms with van der Waals surface area (Å²) < 4.78 is 5.10. The highest BCUT2D eigenvalue weighted by Crippen LogP contribution is 2.17. The summed E-state index contributed by atoms with van der Waals surface area (Å²) >= 11 is 0. The number of rotatable bonds is 9. The van der Waals surface area contributed by atoms with Crippen LogP contribution < -0.4 is 15.4 Å². The zero-order valence-corrected chi connectivity index (χ0v) is 15.6. The first kappa shape index (κ1) is 19.4. The van der Waals surface area contributed by atoms with Gasteiger partial charge in [-0.1, -0.05) is 12.1 Å². The number of amides is 4. The Morgan fingerprint density at radius 3 is 2.75 bits per heavy atom. The highest BCUT2D eigenvalue weighted by Gasteiger charge is 2.37. The van der Waals surface area contributed by atoms with Gasteiger partial charge in [0.25, 0.3) is 5.91 Å². The van der Waals surface area contributed by atoms with Gasteiger partial charge in [-0.15, -0.1) is 0 Å². The number of imide groups is 1. The van der Waals surface area contributed by atoms with E-state index < -0.39 is 12.1 Å². The number of imidazole rings is 1. The lowest BCUT2D eigenvalue weighted by molar-refractivity contribution is -0.128. The molecular weight excluding hydrogens is 362 g/mol. The van der Waals surface area contributed by atoms with E-state index in [0.29, 0.717) is 18.7 Å². The van der Waals surface area contributed by atoms with Crippen LogP contribution in [-0.4, -0.2) is 52.4 Å². The maximum Gasteiger partial charge on any atom is 0.325 e. The highest BCUT2D eigenvalue weighted by atomic mass is 16.5. The third kappa shape index (κ3) is 4.87. The number of methoxy groups -OCH3 is 1. The maximum absolute atomic E-state index is 12.5. The third-order valence-electron chi connectivity index (χ3n) is 4.54. The average Bonchev–Trinajstić information content (AvgIpc) is 3.31. The van der Waals surface area contributed by atoms with E-state index in [0.717, 1.165) is 11.3 Å². The van der Waals surface area contributed by atoms with Crippen molar-refractivity contribution in [2.75, 3.05) is 13.7 Å². The second-order valence-corrected chi connectivity index (χ2v) is 6.49. The van der Waals surface area contributed by atoms with Gasteiger partial charge in [0.1, 0.15) is 11.8 Å². The quantitative estimate of drug-likeness (QED) is 0.557. The summed E-state index contributed by atoms with van der Waals surface area (Å²) in [4.78, 5) is 44.6. The molecule has 1 aliphatic rings. The molecule has 28 heavy (non-hydrogen) atoms. The van der Waals surface area contributed by atoms with Crippen LogP contribution in [0, 0.1) is 0 Å². The number of H-pyrrole nitrogens is 1. The van der Waals surface area contributed by atoms with Crippen molar-refractivity contribution >= 4 is 17.8 Å². The van der Waals surface area contributed by atoms with Gasteiger partial charge >= 0.3 is 6.03 Å². The molecule has 0 radical (unpaired) electrons. The van der Waals surface area contributed by atoms with Gasteiger partial charge in [0.05, 0.1) is 20.0 Å². The lowest BCUT2D eigenvalue weighted by atomic mass is 10.1. The van der Waals surface area contributed by atoms with Crippen LogP contribution in [0.2, 0.25) is 0 Å². The van der Waals surface area contributed by atoms with Crippen LogP contribution in [0.1, 0.15) is 24.1 Å². The molecule has 3 rings (SSSR count). The van der Waals surface area contributed by atoms with Gasteiger partial charge in [-0.2, -0.15) is 0 Å². The van der Waals surface area contributed by atoms with Crippen LogP contribution in [-0.2, 0) is 22.6 Å². The molecule has 9 heteroatoms. The highest BCUT2D eigenvalue weighted by molar-refractivity contribution is 6.04. The van der Waals surface area contributed by atoms with E-state index in [9.17, 15) is 14.4 Å². The molecule has 148 valence electrons. The molecule has 0 saturated carbocycles. The van der Waals surface area contributed by atoms with Crippen molar-refractivity contribution in [3.63, 3.8) is 0 Å². The van der Waals surface area contributed by atoms with E-state index >= 15 is 0 Å². The average molecular weight is 385 g/mol. The molecule has 2 heterocycles. The summed E-state index contributed by atoms with van der Waals surface area (Å²) in [5.74, 6) is 0.235. The molecule has 1 aromatic heterocycles. The molecule has 3 N–H and O–H groups in total. The fourth-order valence-corrected chi connectivity index (χ4v) is 2.96. The molecule has 9 nitrogen and oxygen atoms in total. The van der Waals surface area contributed by atoms with E-state index in [1.54, 1.807) is 43.9 Å². The van der Waals surface area contributed by atoms with Crippen molar-refractivity contribution in [1.82, 2.24) is 25.5 Å². The van der Waals surface area contributed by atoms with Gasteiger partial charge in [-0.05, 0) is 24.1 Å². The smallest absolute Gasteiger partial charge is 0.325 e. The lowest BCUT2D eigenvalue weighted by Gasteiger charge is -2.13. The number of aromatic nitrogens is 2. The Morgan fingerprint density at radius 1 is 1.29 bits per heavy atom. The molecule has 0 bridgehead atoms. The molecule has 1 saturated heterocycles. The fourth-order valence-electron chi connectivity index (χ4n) is 2.96. The predicted molar refractivity (Wildman–Crippen MR) is 100 cm³/mol. The maximum atomic E-state index is 12.5. The predicted octanol–water partition coefficient (Wildman–Crippen LogP) is 0.978. The largest absolute Gasteiger partial charge is 0.497 e. The molecule has 4 amide bonds. The Kier molecular flexibility index (Phi) is 6.25. The monoisotopic (exact) mass is 385 g/mol. The first-order valence-electron chi connectivity index (χ1n) is 9.05. The zero-order valence-electron chi connectivity index (χ0n) is 15.6. The number of nitrogens with one attached hydrogen (secondary N) is 3. The van der Waals surface area contributed by atoms with Gasteiger partial charge < -0.3 is 20.4 Å². The van der Waals surface area contributed by atoms with Gasteiger partial charge in [0.2, 0.25) is 5.91 Å². The SMILES string of the molecule is COc1ccc(CN2C(=O)N[C@@H](CCC(=O)NCCc3cnc[nH]3)C2=O)cc1. The Balaban J connectivity index is 1.44. The Hall–Kier alpha value is -3.36. The standard InChI is InChI=1S/C19H23N5O4/c1-28-15-4-2-13(3-5-15)11-24-18(26)16(23-19(24)27)6-7-17(25)21-9-8-14-10-20-12-22-14/h2-5,10,12,16H,6-9,11H2,1H3,(H,20,22)(H,21,25)(H,23,27)/t16-/m0/s1. The van der Waals surface area contributed by atoms with E-state index in [2.05, 4.69) is 20.6 Å². The van der Waals surface area contributed by atoms with Crippen molar-refractivity contribution in [2.24, 2.45) is 0 Å². The number of urea groups is 1. The number of carbonyl (C=O) groups excluding carboxylic acids is 3. The van der Waals surface area contributed by atoms with Gasteiger partial charge in [0.15, 0.2) is 0 Å². The van der Waals surface area contributed by atoms with Crippen molar-refractivity contribution < 1.29 is 19.1 Å². The summed E-state index contributed by atoms with van der Waals surface area (Å²) in [5, 5.41) is 5.45. The number of ether oxygens (including phenoxy) is 1. The number of carbonyl (C=O) groups is 3. The topological polar surface area (TPSA) is 116 Å². The number of hydrogen-bond donors (Lipinski definition) is 3. The van der Waals surface area contributed by atoms with Gasteiger partial charge in [-0.3, -0.25) is 14.5 Å². The van der Waals surface area contributed by atoms with Crippen molar-refractivity contribution in [2.45, 2.75) is 31.8 Å². The molecule has 1 aliphatic heterocycles. The number of nitrogens with zero attached hydrogens (tertiary/aromatic N) is 2. The summed E-state index contributed by atoms with van der Waals surface area (Å²) in [6.45, 7) is 0.664. The van der Waals surface area contributed by atoms with Crippen LogP contribution in [0.3, 0.4) is 0 Å². The second-order valence-electron chi connectivity index (χ2n) is 6.49. The molecule has 1 aromatic carbocycles. The minimum absolute atomic E-state index is 0.157. The van der Waals surface area contributed by atoms with Crippen LogP contribution in [0.5, 0.6) is 5.75 Å². The lowest BCUT2D eigenvalue weighted by Crippen LogP contribution is -2.33. The first-order chi connectivity index (χ1) is 13.6. The van der Waals surface area contributed by atoms with Crippen molar-refractivity contribution in [3.05, 3.63) is 48.0 Å². The normalized spacial score (nSPS) is 16.2. The van der Waals surface area contributed by atoms with Gasteiger partial charge in [0, 0.05) is 31.3 Å². The summed E-state index contributed by atoms with van der Waals surface area (Å²) in [5.41, 5.74) is 1.76. The van der Waals surface area contributed by atoms with E-state index in [1.807, 2.05) is 0 Å². The van der Waals surface area contributed by atoms with E-state index in [4.69, 9.17) is 4.74 Å². The first-order valence-corrected chi connectivity index (χ1v) is 9.05. The number of benzene rings is 1. The van der Waals surface area contributed by atoms with Crippen LogP contribution >= 0.6 is 0 Å².